The van der Waals surface area contributed by atoms with Gasteiger partial charge in [-0.05, 0) is 99.2 Å². The van der Waals surface area contributed by atoms with Crippen LogP contribution in [0.2, 0.25) is 0 Å². The van der Waals surface area contributed by atoms with Crippen LogP contribution >= 0.6 is 12.2 Å². The summed E-state index contributed by atoms with van der Waals surface area (Å²) in [6.07, 6.45) is 1.53. The van der Waals surface area contributed by atoms with Crippen LogP contribution in [0, 0.1) is 13.8 Å². The van der Waals surface area contributed by atoms with Gasteiger partial charge in [-0.3, -0.25) is 19.8 Å². The Morgan fingerprint density at radius 2 is 1.64 bits per heavy atom. The Morgan fingerprint density at radius 1 is 1.03 bits per heavy atom. The van der Waals surface area contributed by atoms with Gasteiger partial charge >= 0.3 is 0 Å². The van der Waals surface area contributed by atoms with E-state index in [0.717, 1.165) is 11.4 Å². The summed E-state index contributed by atoms with van der Waals surface area (Å²) >= 11 is 5.27. The molecule has 1 saturated heterocycles. The summed E-state index contributed by atoms with van der Waals surface area (Å²) < 4.78 is 30.5. The van der Waals surface area contributed by atoms with Crippen molar-refractivity contribution in [3.8, 4) is 11.4 Å². The van der Waals surface area contributed by atoms with Crippen LogP contribution in [0.3, 0.4) is 0 Å². The number of rotatable bonds is 6. The third-order valence-electron chi connectivity index (χ3n) is 5.70. The number of carbonyl (C=O) groups is 2. The lowest BCUT2D eigenvalue weighted by molar-refractivity contribution is -0.122. The molecule has 11 heteroatoms. The van der Waals surface area contributed by atoms with Gasteiger partial charge in [0, 0.05) is 17.1 Å². The van der Waals surface area contributed by atoms with Crippen LogP contribution in [-0.4, -0.2) is 36.5 Å². The van der Waals surface area contributed by atoms with Gasteiger partial charge in [0.05, 0.1) is 17.2 Å². The number of ether oxygens (including phenoxy) is 1. The molecule has 0 bridgehead atoms. The third kappa shape index (κ3) is 4.81. The van der Waals surface area contributed by atoms with Crippen molar-refractivity contribution in [2.24, 2.45) is 5.14 Å². The summed E-state index contributed by atoms with van der Waals surface area (Å²) in [6, 6.07) is 14.8. The van der Waals surface area contributed by atoms with E-state index in [2.05, 4.69) is 5.32 Å². The highest BCUT2D eigenvalue weighted by Crippen LogP contribution is 2.27. The molecule has 2 amide bonds. The second kappa shape index (κ2) is 9.69. The lowest BCUT2D eigenvalue weighted by atomic mass is 10.1. The molecular weight excluding hydrogens is 500 g/mol. The number of benzene rings is 2. The van der Waals surface area contributed by atoms with Crippen molar-refractivity contribution < 1.29 is 22.7 Å². The number of sulfonamides is 1. The Bertz CT molecular complexity index is 1500. The van der Waals surface area contributed by atoms with Crippen molar-refractivity contribution >= 4 is 50.9 Å². The fraction of sp³-hybridized carbons (Fsp3) is 0.160. The van der Waals surface area contributed by atoms with Gasteiger partial charge in [-0.15, -0.1) is 0 Å². The van der Waals surface area contributed by atoms with Crippen LogP contribution in [0.1, 0.15) is 23.9 Å². The van der Waals surface area contributed by atoms with Gasteiger partial charge in [0.1, 0.15) is 11.3 Å². The van der Waals surface area contributed by atoms with E-state index in [1.165, 1.54) is 23.1 Å². The minimum absolute atomic E-state index is 0.00544. The largest absolute Gasteiger partial charge is 0.494 e. The molecule has 2 aromatic carbocycles. The van der Waals surface area contributed by atoms with E-state index in [1.54, 1.807) is 36.4 Å². The first-order valence-electron chi connectivity index (χ1n) is 11.0. The zero-order valence-electron chi connectivity index (χ0n) is 19.8. The second-order valence-corrected chi connectivity index (χ2v) is 10.0. The predicted molar refractivity (Wildman–Crippen MR) is 140 cm³/mol. The van der Waals surface area contributed by atoms with Crippen molar-refractivity contribution in [1.29, 1.82) is 0 Å². The highest BCUT2D eigenvalue weighted by Gasteiger charge is 2.34. The molecule has 3 N–H and O–H groups in total. The van der Waals surface area contributed by atoms with Crippen LogP contribution in [0.15, 0.2) is 65.1 Å². The van der Waals surface area contributed by atoms with Gasteiger partial charge in [0.25, 0.3) is 11.8 Å². The summed E-state index contributed by atoms with van der Waals surface area (Å²) in [4.78, 5) is 27.4. The molecule has 0 aliphatic carbocycles. The number of anilines is 1. The van der Waals surface area contributed by atoms with Crippen LogP contribution in [0.25, 0.3) is 11.8 Å². The average Bonchev–Trinajstić information content (AvgIpc) is 3.10. The van der Waals surface area contributed by atoms with E-state index in [0.29, 0.717) is 29.3 Å². The normalized spacial score (nSPS) is 15.4. The smallest absolute Gasteiger partial charge is 0.270 e. The first kappa shape index (κ1) is 25.3. The summed E-state index contributed by atoms with van der Waals surface area (Å²) in [6.45, 7) is 6.10. The number of primary sulfonamides is 1. The number of nitrogens with one attached hydrogen (secondary N) is 1. The maximum absolute atomic E-state index is 13.4. The number of thiocarbonyl (C=S) groups is 1. The molecule has 0 saturated carbocycles. The predicted octanol–water partition coefficient (Wildman–Crippen LogP) is 2.97. The quantitative estimate of drug-likeness (QED) is 0.290. The van der Waals surface area contributed by atoms with Gasteiger partial charge in [-0.1, -0.05) is 0 Å². The Kier molecular flexibility index (Phi) is 6.81. The standard InChI is InChI=1S/C25H24N4O5S2/c1-4-34-20-9-5-19(6-10-20)29-24(31)22(23(30)27-25(29)35)14-17-13-15(2)28(16(17)3)18-7-11-21(12-8-18)36(26,32)33/h5-14H,4H2,1-3H3,(H2,26,32,33)(H,27,30,35)/b22-14+. The maximum Gasteiger partial charge on any atom is 0.270 e. The number of hydrogen-bond acceptors (Lipinski definition) is 6. The molecule has 1 aliphatic heterocycles. The highest BCUT2D eigenvalue weighted by molar-refractivity contribution is 7.89. The first-order chi connectivity index (χ1) is 17.0. The number of amides is 2. The molecule has 2 heterocycles. The van der Waals surface area contributed by atoms with E-state index < -0.39 is 21.8 Å². The summed E-state index contributed by atoms with van der Waals surface area (Å²) in [7, 11) is -3.81. The Balaban J connectivity index is 1.70. The first-order valence-corrected chi connectivity index (χ1v) is 12.9. The number of carbonyl (C=O) groups excluding carboxylic acids is 2. The second-order valence-electron chi connectivity index (χ2n) is 8.09. The molecule has 186 valence electrons. The molecular formula is C25H24N4O5S2. The van der Waals surface area contributed by atoms with Gasteiger partial charge in [-0.2, -0.15) is 0 Å². The SMILES string of the molecule is CCOc1ccc(N2C(=O)/C(=C/c3cc(C)n(-c4ccc(S(N)(=O)=O)cc4)c3C)C(=O)NC2=S)cc1. The van der Waals surface area contributed by atoms with Crippen molar-refractivity contribution in [2.75, 3.05) is 11.5 Å². The van der Waals surface area contributed by atoms with Crippen molar-refractivity contribution in [3.63, 3.8) is 0 Å². The highest BCUT2D eigenvalue weighted by atomic mass is 32.2. The molecule has 0 spiro atoms. The van der Waals surface area contributed by atoms with Crippen molar-refractivity contribution in [3.05, 3.63) is 77.1 Å². The van der Waals surface area contributed by atoms with Crippen LogP contribution in [0.4, 0.5) is 5.69 Å². The summed E-state index contributed by atoms with van der Waals surface area (Å²) in [5.41, 5.74) is 3.37. The van der Waals surface area contributed by atoms with Crippen molar-refractivity contribution in [2.45, 2.75) is 25.7 Å². The molecule has 4 rings (SSSR count). The third-order valence-corrected chi connectivity index (χ3v) is 6.92. The van der Waals surface area contributed by atoms with Gasteiger partial charge in [0.15, 0.2) is 5.11 Å². The van der Waals surface area contributed by atoms with E-state index in [4.69, 9.17) is 22.1 Å². The van der Waals surface area contributed by atoms with Gasteiger partial charge < -0.3 is 9.30 Å². The Morgan fingerprint density at radius 3 is 2.22 bits per heavy atom. The lowest BCUT2D eigenvalue weighted by Crippen LogP contribution is -2.54. The molecule has 1 aromatic heterocycles. The fourth-order valence-electron chi connectivity index (χ4n) is 4.02. The molecule has 3 aromatic rings. The Labute approximate surface area is 214 Å². The summed E-state index contributed by atoms with van der Waals surface area (Å²) in [5, 5.41) is 7.77. The number of hydrogen-bond donors (Lipinski definition) is 2. The van der Waals surface area contributed by atoms with Crippen LogP contribution in [-0.2, 0) is 19.6 Å². The summed E-state index contributed by atoms with van der Waals surface area (Å²) in [5.74, 6) is -0.481. The lowest BCUT2D eigenvalue weighted by Gasteiger charge is -2.29. The molecule has 1 fully saturated rings. The Hall–Kier alpha value is -3.80. The average molecular weight is 525 g/mol. The molecule has 9 nitrogen and oxygen atoms in total. The fourth-order valence-corrected chi connectivity index (χ4v) is 4.82. The number of aromatic nitrogens is 1. The van der Waals surface area contributed by atoms with Gasteiger partial charge in [0.2, 0.25) is 10.0 Å². The zero-order valence-corrected chi connectivity index (χ0v) is 21.4. The van der Waals surface area contributed by atoms with Crippen LogP contribution in [0.5, 0.6) is 5.75 Å². The molecule has 36 heavy (non-hydrogen) atoms. The number of nitrogens with zero attached hydrogens (tertiary/aromatic N) is 2. The minimum atomic E-state index is -3.81. The molecule has 1 aliphatic rings. The van der Waals surface area contributed by atoms with E-state index in [-0.39, 0.29) is 15.6 Å². The van der Waals surface area contributed by atoms with Crippen LogP contribution < -0.4 is 20.1 Å². The van der Waals surface area contributed by atoms with Crippen molar-refractivity contribution in [1.82, 2.24) is 9.88 Å². The zero-order chi connectivity index (χ0) is 26.2. The molecule has 0 radical (unpaired) electrons. The monoisotopic (exact) mass is 524 g/mol. The molecule has 0 unspecified atom stereocenters. The molecule has 0 atom stereocenters. The number of nitrogens with two attached hydrogens (primary N) is 1. The topological polar surface area (TPSA) is 124 Å². The van der Waals surface area contributed by atoms with E-state index >= 15 is 0 Å². The maximum atomic E-state index is 13.4. The van der Waals surface area contributed by atoms with E-state index in [1.807, 2.05) is 31.4 Å². The number of aryl methyl sites for hydroxylation is 1. The van der Waals surface area contributed by atoms with E-state index in [9.17, 15) is 18.0 Å². The van der Waals surface area contributed by atoms with Gasteiger partial charge in [-0.25, -0.2) is 13.6 Å². The minimum Gasteiger partial charge on any atom is -0.494 e.